The van der Waals surface area contributed by atoms with Crippen LogP contribution in [0.5, 0.6) is 0 Å². The highest BCUT2D eigenvalue weighted by atomic mass is 16.5. The molecule has 7 heteroatoms. The molecule has 134 valence electrons. The van der Waals surface area contributed by atoms with E-state index < -0.39 is 29.4 Å². The van der Waals surface area contributed by atoms with Crippen molar-refractivity contribution in [3.05, 3.63) is 12.7 Å². The molecule has 2 aliphatic rings. The summed E-state index contributed by atoms with van der Waals surface area (Å²) < 4.78 is 5.08. The Hall–Kier alpha value is -1.89. The van der Waals surface area contributed by atoms with Gasteiger partial charge in [0.2, 0.25) is 5.91 Å². The molecule has 2 fully saturated rings. The number of allylic oxidation sites excluding steroid dienone is 1. The lowest BCUT2D eigenvalue weighted by molar-refractivity contribution is -0.156. The van der Waals surface area contributed by atoms with Gasteiger partial charge in [0, 0.05) is 26.6 Å². The summed E-state index contributed by atoms with van der Waals surface area (Å²) in [5.41, 5.74) is -0.780. The van der Waals surface area contributed by atoms with E-state index in [0.29, 0.717) is 38.8 Å². The van der Waals surface area contributed by atoms with E-state index in [0.717, 1.165) is 0 Å². The molecule has 0 aliphatic carbocycles. The predicted molar refractivity (Wildman–Crippen MR) is 86.9 cm³/mol. The molecule has 2 aliphatic heterocycles. The van der Waals surface area contributed by atoms with Crippen LogP contribution in [0.3, 0.4) is 0 Å². The molecule has 2 rings (SSSR count). The number of ether oxygens (including phenoxy) is 1. The number of carbonyl (C=O) groups excluding carboxylic acids is 3. The first kappa shape index (κ1) is 18.4. The minimum atomic E-state index is -1.38. The fraction of sp³-hybridized carbons (Fsp3) is 0.706. The van der Waals surface area contributed by atoms with Gasteiger partial charge >= 0.3 is 5.97 Å². The minimum Gasteiger partial charge on any atom is -0.466 e. The Morgan fingerprint density at radius 1 is 1.42 bits per heavy atom. The topological polar surface area (TPSA) is 87.1 Å². The van der Waals surface area contributed by atoms with Crippen molar-refractivity contribution in [3.8, 4) is 0 Å². The van der Waals surface area contributed by atoms with Crippen molar-refractivity contribution in [3.63, 3.8) is 0 Å². The van der Waals surface area contributed by atoms with E-state index in [1.807, 2.05) is 0 Å². The highest BCUT2D eigenvalue weighted by molar-refractivity contribution is 5.92. The normalized spacial score (nSPS) is 25.9. The average molecular weight is 338 g/mol. The van der Waals surface area contributed by atoms with Crippen molar-refractivity contribution in [2.24, 2.45) is 5.92 Å². The van der Waals surface area contributed by atoms with Crippen molar-refractivity contribution in [2.75, 3.05) is 26.7 Å². The van der Waals surface area contributed by atoms with Crippen molar-refractivity contribution < 1.29 is 24.2 Å². The van der Waals surface area contributed by atoms with Gasteiger partial charge in [-0.05, 0) is 26.2 Å². The second kappa shape index (κ2) is 7.34. The van der Waals surface area contributed by atoms with Gasteiger partial charge in [-0.1, -0.05) is 6.08 Å². The first-order valence-electron chi connectivity index (χ1n) is 8.40. The molecule has 24 heavy (non-hydrogen) atoms. The van der Waals surface area contributed by atoms with Crippen molar-refractivity contribution in [1.29, 1.82) is 0 Å². The molecule has 0 radical (unpaired) electrons. The summed E-state index contributed by atoms with van der Waals surface area (Å²) in [6, 6.07) is 0. The number of likely N-dealkylation sites (N-methyl/N-ethyl adjacent to an activating group) is 1. The summed E-state index contributed by atoms with van der Waals surface area (Å²) in [6.45, 7) is 6.41. The van der Waals surface area contributed by atoms with Gasteiger partial charge in [0.15, 0.2) is 0 Å². The number of esters is 1. The Morgan fingerprint density at radius 2 is 2.04 bits per heavy atom. The highest BCUT2D eigenvalue weighted by Crippen LogP contribution is 2.43. The zero-order valence-electron chi connectivity index (χ0n) is 14.4. The van der Waals surface area contributed by atoms with Gasteiger partial charge in [-0.2, -0.15) is 0 Å². The van der Waals surface area contributed by atoms with Crippen LogP contribution in [0.15, 0.2) is 12.7 Å². The Labute approximate surface area is 142 Å². The second-order valence-corrected chi connectivity index (χ2v) is 6.38. The summed E-state index contributed by atoms with van der Waals surface area (Å²) in [5.74, 6) is -1.86. The van der Waals surface area contributed by atoms with Crippen LogP contribution in [0.2, 0.25) is 0 Å². The van der Waals surface area contributed by atoms with Crippen molar-refractivity contribution in [2.45, 2.75) is 44.2 Å². The molecule has 0 aromatic carbocycles. The van der Waals surface area contributed by atoms with Gasteiger partial charge < -0.3 is 19.6 Å². The van der Waals surface area contributed by atoms with Crippen LogP contribution in [0.1, 0.15) is 32.6 Å². The maximum atomic E-state index is 12.3. The van der Waals surface area contributed by atoms with E-state index in [9.17, 15) is 19.5 Å². The summed E-state index contributed by atoms with van der Waals surface area (Å²) >= 11 is 0. The minimum absolute atomic E-state index is 0.0463. The molecule has 2 atom stereocenters. The largest absolute Gasteiger partial charge is 0.466 e. The number of nitrogens with zero attached hydrogens (tertiary/aromatic N) is 2. The number of hydrogen-bond acceptors (Lipinski definition) is 5. The third kappa shape index (κ3) is 3.05. The first-order valence-corrected chi connectivity index (χ1v) is 8.40. The molecule has 2 saturated heterocycles. The van der Waals surface area contributed by atoms with E-state index in [2.05, 4.69) is 6.58 Å². The Balaban J connectivity index is 2.15. The zero-order valence-corrected chi connectivity index (χ0v) is 14.4. The third-order valence-corrected chi connectivity index (χ3v) is 5.23. The molecule has 0 saturated carbocycles. The zero-order chi connectivity index (χ0) is 17.9. The monoisotopic (exact) mass is 338 g/mol. The fourth-order valence-electron chi connectivity index (χ4n) is 3.82. The summed E-state index contributed by atoms with van der Waals surface area (Å²) in [6.07, 6.45) is 2.28. The predicted octanol–water partition coefficient (Wildman–Crippen LogP) is 0.326. The number of likely N-dealkylation sites (tertiary alicyclic amines) is 2. The molecule has 7 nitrogen and oxygen atoms in total. The molecule has 0 aromatic heterocycles. The molecule has 1 spiro atoms. The van der Waals surface area contributed by atoms with Gasteiger partial charge in [0.25, 0.3) is 5.91 Å². The molecule has 0 bridgehead atoms. The molecule has 0 unspecified atom stereocenters. The number of rotatable bonds is 5. The Bertz CT molecular complexity index is 525. The number of aliphatic hydroxyl groups is 1. The lowest BCUT2D eigenvalue weighted by atomic mass is 9.76. The van der Waals surface area contributed by atoms with Gasteiger partial charge in [-0.3, -0.25) is 14.4 Å². The standard InChI is InChI=1S/C17H26N2O5/c1-4-6-7-12(20)19-10-8-17(9-11-19)13(16(23)24-5-2)14(21)15(22)18(17)3/h4,13-14,21H,1,5-11H2,2-3H3/t13-,14-/m1/s1. The van der Waals surface area contributed by atoms with Crippen molar-refractivity contribution in [1.82, 2.24) is 9.80 Å². The maximum absolute atomic E-state index is 12.3. The summed E-state index contributed by atoms with van der Waals surface area (Å²) in [7, 11) is 1.61. The van der Waals surface area contributed by atoms with E-state index >= 15 is 0 Å². The summed E-state index contributed by atoms with van der Waals surface area (Å²) in [5, 5.41) is 10.2. The van der Waals surface area contributed by atoms with Gasteiger partial charge in [-0.25, -0.2) is 0 Å². The third-order valence-electron chi connectivity index (χ3n) is 5.23. The number of carbonyl (C=O) groups is 3. The fourth-order valence-corrected chi connectivity index (χ4v) is 3.82. The lowest BCUT2D eigenvalue weighted by Gasteiger charge is -2.45. The lowest BCUT2D eigenvalue weighted by Crippen LogP contribution is -2.57. The van der Waals surface area contributed by atoms with Crippen LogP contribution in [0, 0.1) is 5.92 Å². The Kier molecular flexibility index (Phi) is 5.64. The maximum Gasteiger partial charge on any atom is 0.314 e. The first-order chi connectivity index (χ1) is 11.4. The number of piperidine rings is 1. The number of amides is 2. The van der Waals surface area contributed by atoms with Crippen LogP contribution in [0.25, 0.3) is 0 Å². The van der Waals surface area contributed by atoms with Crippen LogP contribution in [0.4, 0.5) is 0 Å². The summed E-state index contributed by atoms with van der Waals surface area (Å²) in [4.78, 5) is 39.9. The van der Waals surface area contributed by atoms with Crippen LogP contribution < -0.4 is 0 Å². The van der Waals surface area contributed by atoms with Crippen molar-refractivity contribution >= 4 is 17.8 Å². The molecule has 0 aromatic rings. The quantitative estimate of drug-likeness (QED) is 0.576. The van der Waals surface area contributed by atoms with Crippen LogP contribution >= 0.6 is 0 Å². The average Bonchev–Trinajstić information content (AvgIpc) is 2.75. The molecule has 1 N–H and O–H groups in total. The van der Waals surface area contributed by atoms with E-state index in [1.54, 1.807) is 24.9 Å². The second-order valence-electron chi connectivity index (χ2n) is 6.38. The smallest absolute Gasteiger partial charge is 0.314 e. The Morgan fingerprint density at radius 3 is 2.58 bits per heavy atom. The van der Waals surface area contributed by atoms with Gasteiger partial charge in [0.1, 0.15) is 12.0 Å². The molecular formula is C17H26N2O5. The SMILES string of the molecule is C=CCCC(=O)N1CCC2(CC1)[C@@H](C(=O)OCC)[C@@H](O)C(=O)N2C. The number of aliphatic hydroxyl groups excluding tert-OH is 1. The highest BCUT2D eigenvalue weighted by Gasteiger charge is 2.61. The van der Waals surface area contributed by atoms with Crippen LogP contribution in [-0.2, 0) is 19.1 Å². The number of hydrogen-bond donors (Lipinski definition) is 1. The molecular weight excluding hydrogens is 312 g/mol. The molecule has 2 amide bonds. The molecule has 2 heterocycles. The van der Waals surface area contributed by atoms with E-state index in [4.69, 9.17) is 4.74 Å². The van der Waals surface area contributed by atoms with Gasteiger partial charge in [-0.15, -0.1) is 6.58 Å². The van der Waals surface area contributed by atoms with Gasteiger partial charge in [0.05, 0.1) is 12.1 Å². The van der Waals surface area contributed by atoms with E-state index in [1.165, 1.54) is 4.90 Å². The van der Waals surface area contributed by atoms with E-state index in [-0.39, 0.29) is 12.5 Å². The van der Waals surface area contributed by atoms with Crippen LogP contribution in [-0.4, -0.2) is 71.1 Å².